The number of hydrogen-bond acceptors (Lipinski definition) is 4. The van der Waals surface area contributed by atoms with Gasteiger partial charge in [0.05, 0.1) is 5.69 Å². The lowest BCUT2D eigenvalue weighted by Crippen LogP contribution is -2.56. The minimum atomic E-state index is -1.66. The van der Waals surface area contributed by atoms with E-state index in [2.05, 4.69) is 15.6 Å². The Morgan fingerprint density at radius 1 is 1.26 bits per heavy atom. The zero-order valence-corrected chi connectivity index (χ0v) is 13.1. The fourth-order valence-electron chi connectivity index (χ4n) is 2.34. The number of aryl methyl sites for hydroxylation is 2. The molecule has 0 saturated carbocycles. The molecule has 2 heterocycles. The summed E-state index contributed by atoms with van der Waals surface area (Å²) in [5, 5.41) is 5.35. The Bertz CT molecular complexity index is 803. The zero-order chi connectivity index (χ0) is 16.6. The van der Waals surface area contributed by atoms with Gasteiger partial charge in [0, 0.05) is 5.69 Å². The van der Waals surface area contributed by atoms with Gasteiger partial charge in [0.1, 0.15) is 11.6 Å². The van der Waals surface area contributed by atoms with Crippen LogP contribution in [-0.2, 0) is 9.59 Å². The van der Waals surface area contributed by atoms with Gasteiger partial charge in [-0.2, -0.15) is 0 Å². The van der Waals surface area contributed by atoms with Crippen molar-refractivity contribution >= 4 is 23.3 Å². The molecular weight excluding hydrogens is 294 g/mol. The van der Waals surface area contributed by atoms with Crippen molar-refractivity contribution in [1.29, 1.82) is 0 Å². The monoisotopic (exact) mass is 311 g/mol. The van der Waals surface area contributed by atoms with E-state index in [0.29, 0.717) is 17.3 Å². The number of carbonyl (C=O) groups is 2. The fraction of sp³-hybridized carbons (Fsp3) is 0.235. The molecule has 1 unspecified atom stereocenters. The molecule has 118 valence electrons. The van der Waals surface area contributed by atoms with Crippen molar-refractivity contribution in [2.24, 2.45) is 0 Å². The standard InChI is InChI=1S/C17H17N3O3/c1-10-7-8-13-12(9-10)19-15(21)17(3,23-13)16(22)20-14-6-4-5-11(2)18-14/h4-9H,1-3H3,(H,19,21)(H,18,20,22). The summed E-state index contributed by atoms with van der Waals surface area (Å²) in [5.41, 5.74) is 0.662. The second-order valence-corrected chi connectivity index (χ2v) is 5.71. The van der Waals surface area contributed by atoms with Gasteiger partial charge in [-0.25, -0.2) is 4.98 Å². The Hall–Kier alpha value is -2.89. The van der Waals surface area contributed by atoms with Crippen molar-refractivity contribution in [2.75, 3.05) is 10.6 Å². The molecule has 0 fully saturated rings. The largest absolute Gasteiger partial charge is 0.466 e. The van der Waals surface area contributed by atoms with Crippen molar-refractivity contribution in [3.05, 3.63) is 47.7 Å². The van der Waals surface area contributed by atoms with E-state index >= 15 is 0 Å². The summed E-state index contributed by atoms with van der Waals surface area (Å²) in [6.45, 7) is 5.17. The van der Waals surface area contributed by atoms with Crippen molar-refractivity contribution in [1.82, 2.24) is 4.98 Å². The molecular formula is C17H17N3O3. The number of nitrogens with one attached hydrogen (secondary N) is 2. The summed E-state index contributed by atoms with van der Waals surface area (Å²) >= 11 is 0. The Kier molecular flexibility index (Phi) is 3.52. The number of nitrogens with zero attached hydrogens (tertiary/aromatic N) is 1. The molecule has 0 bridgehead atoms. The Morgan fingerprint density at radius 2 is 2.04 bits per heavy atom. The first kappa shape index (κ1) is 15.0. The lowest BCUT2D eigenvalue weighted by atomic mass is 10.0. The van der Waals surface area contributed by atoms with Crippen LogP contribution in [0, 0.1) is 13.8 Å². The van der Waals surface area contributed by atoms with E-state index < -0.39 is 17.4 Å². The highest BCUT2D eigenvalue weighted by Gasteiger charge is 2.47. The number of rotatable bonds is 2. The van der Waals surface area contributed by atoms with Gasteiger partial charge in [0.15, 0.2) is 0 Å². The second-order valence-electron chi connectivity index (χ2n) is 5.71. The predicted octanol–water partition coefficient (Wildman–Crippen LogP) is 2.43. The third kappa shape index (κ3) is 2.75. The summed E-state index contributed by atoms with van der Waals surface area (Å²) < 4.78 is 5.70. The number of ether oxygens (including phenoxy) is 1. The Labute approximate surface area is 133 Å². The molecule has 2 amide bonds. The van der Waals surface area contributed by atoms with Gasteiger partial charge in [-0.3, -0.25) is 9.59 Å². The molecule has 3 rings (SSSR count). The molecule has 1 atom stereocenters. The van der Waals surface area contributed by atoms with Crippen molar-refractivity contribution in [3.63, 3.8) is 0 Å². The number of fused-ring (bicyclic) bond motifs is 1. The van der Waals surface area contributed by atoms with E-state index in [1.165, 1.54) is 6.92 Å². The molecule has 1 aromatic heterocycles. The Balaban J connectivity index is 1.87. The van der Waals surface area contributed by atoms with Crippen LogP contribution in [-0.4, -0.2) is 22.4 Å². The molecule has 1 aromatic carbocycles. The van der Waals surface area contributed by atoms with Gasteiger partial charge < -0.3 is 15.4 Å². The molecule has 2 N–H and O–H groups in total. The van der Waals surface area contributed by atoms with Crippen LogP contribution in [0.1, 0.15) is 18.2 Å². The average molecular weight is 311 g/mol. The van der Waals surface area contributed by atoms with Gasteiger partial charge in [-0.1, -0.05) is 12.1 Å². The van der Waals surface area contributed by atoms with E-state index in [1.54, 1.807) is 24.3 Å². The minimum absolute atomic E-state index is 0.377. The van der Waals surface area contributed by atoms with E-state index in [4.69, 9.17) is 4.74 Å². The summed E-state index contributed by atoms with van der Waals surface area (Å²) in [7, 11) is 0. The molecule has 23 heavy (non-hydrogen) atoms. The first-order chi connectivity index (χ1) is 10.9. The summed E-state index contributed by atoms with van der Waals surface area (Å²) in [5.74, 6) is -0.243. The highest BCUT2D eigenvalue weighted by molar-refractivity contribution is 6.18. The van der Waals surface area contributed by atoms with Crippen molar-refractivity contribution in [3.8, 4) is 5.75 Å². The first-order valence-corrected chi connectivity index (χ1v) is 7.25. The summed E-state index contributed by atoms with van der Waals surface area (Å²) in [6.07, 6.45) is 0. The molecule has 6 nitrogen and oxygen atoms in total. The molecule has 1 aliphatic rings. The topological polar surface area (TPSA) is 80.3 Å². The van der Waals surface area contributed by atoms with Crippen LogP contribution in [0.25, 0.3) is 0 Å². The van der Waals surface area contributed by atoms with Crippen molar-refractivity contribution < 1.29 is 14.3 Å². The highest BCUT2D eigenvalue weighted by Crippen LogP contribution is 2.34. The van der Waals surface area contributed by atoms with Crippen LogP contribution in [0.15, 0.2) is 36.4 Å². The minimum Gasteiger partial charge on any atom is -0.466 e. The third-order valence-electron chi connectivity index (χ3n) is 3.69. The van der Waals surface area contributed by atoms with E-state index in [0.717, 1.165) is 11.3 Å². The molecule has 1 aliphatic heterocycles. The van der Waals surface area contributed by atoms with Crippen LogP contribution < -0.4 is 15.4 Å². The normalized spacial score (nSPS) is 19.3. The number of anilines is 2. The van der Waals surface area contributed by atoms with Crippen LogP contribution in [0.2, 0.25) is 0 Å². The average Bonchev–Trinajstić information content (AvgIpc) is 2.49. The van der Waals surface area contributed by atoms with Gasteiger partial charge in [-0.05, 0) is 50.6 Å². The van der Waals surface area contributed by atoms with Crippen molar-refractivity contribution in [2.45, 2.75) is 26.4 Å². The molecule has 0 spiro atoms. The number of amides is 2. The summed E-state index contributed by atoms with van der Waals surface area (Å²) in [4.78, 5) is 29.1. The number of pyridine rings is 1. The SMILES string of the molecule is Cc1ccc2c(c1)NC(=O)C(C)(C(=O)Nc1cccc(C)n1)O2. The maximum absolute atomic E-state index is 12.6. The highest BCUT2D eigenvalue weighted by atomic mass is 16.5. The van der Waals surface area contributed by atoms with E-state index in [-0.39, 0.29) is 0 Å². The first-order valence-electron chi connectivity index (χ1n) is 7.25. The number of benzene rings is 1. The quantitative estimate of drug-likeness (QED) is 0.835. The third-order valence-corrected chi connectivity index (χ3v) is 3.69. The van der Waals surface area contributed by atoms with Crippen LogP contribution in [0.4, 0.5) is 11.5 Å². The lowest BCUT2D eigenvalue weighted by molar-refractivity contribution is -0.143. The zero-order valence-electron chi connectivity index (χ0n) is 13.1. The van der Waals surface area contributed by atoms with Gasteiger partial charge >= 0.3 is 0 Å². The maximum atomic E-state index is 12.6. The summed E-state index contributed by atoms with van der Waals surface area (Å²) in [6, 6.07) is 10.6. The predicted molar refractivity (Wildman–Crippen MR) is 86.4 cm³/mol. The van der Waals surface area contributed by atoms with E-state index in [1.807, 2.05) is 26.0 Å². The molecule has 0 saturated heterocycles. The van der Waals surface area contributed by atoms with Gasteiger partial charge in [-0.15, -0.1) is 0 Å². The van der Waals surface area contributed by atoms with Crippen LogP contribution >= 0.6 is 0 Å². The van der Waals surface area contributed by atoms with Gasteiger partial charge in [0.2, 0.25) is 0 Å². The molecule has 0 aliphatic carbocycles. The van der Waals surface area contributed by atoms with E-state index in [9.17, 15) is 9.59 Å². The maximum Gasteiger partial charge on any atom is 0.279 e. The molecule has 6 heteroatoms. The van der Waals surface area contributed by atoms with Gasteiger partial charge in [0.25, 0.3) is 17.4 Å². The molecule has 2 aromatic rings. The fourth-order valence-corrected chi connectivity index (χ4v) is 2.34. The number of carbonyl (C=O) groups excluding carboxylic acids is 2. The Morgan fingerprint density at radius 3 is 2.78 bits per heavy atom. The number of aromatic nitrogens is 1. The lowest BCUT2D eigenvalue weighted by Gasteiger charge is -2.33. The van der Waals surface area contributed by atoms with Crippen LogP contribution in [0.3, 0.4) is 0 Å². The second kappa shape index (κ2) is 5.39. The van der Waals surface area contributed by atoms with Crippen LogP contribution in [0.5, 0.6) is 5.75 Å². The number of hydrogen-bond donors (Lipinski definition) is 2. The smallest absolute Gasteiger partial charge is 0.279 e. The molecule has 0 radical (unpaired) electrons.